The number of ether oxygens (including phenoxy) is 1. The maximum atomic E-state index is 14.2. The van der Waals surface area contributed by atoms with Gasteiger partial charge in [0, 0.05) is 37.3 Å². The Balaban J connectivity index is 1.28. The molecule has 1 aromatic carbocycles. The SMILES string of the molecule is C=C[C@@H]1C[C@]1(NC(=O)C1C[C@@H](OC(=O)N2Cc3cccc(F)c3C2)CN1C(=O)CCCC(=O)C#CC)C(=O)NS(=O)(=O)C1CC1. The Morgan fingerprint density at radius 2 is 1.93 bits per heavy atom. The number of fused-ring (bicyclic) bond motifs is 1. The van der Waals surface area contributed by atoms with Gasteiger partial charge in [0.05, 0.1) is 18.3 Å². The van der Waals surface area contributed by atoms with Crippen LogP contribution in [0.4, 0.5) is 9.18 Å². The second kappa shape index (κ2) is 12.6. The number of rotatable bonds is 11. The Bertz CT molecular complexity index is 1610. The molecule has 45 heavy (non-hydrogen) atoms. The van der Waals surface area contributed by atoms with Gasteiger partial charge in [0.1, 0.15) is 23.5 Å². The van der Waals surface area contributed by atoms with Crippen molar-refractivity contribution in [2.75, 3.05) is 6.54 Å². The Kier molecular flexibility index (Phi) is 9.02. The van der Waals surface area contributed by atoms with Crippen molar-refractivity contribution in [2.45, 2.75) is 87.9 Å². The number of hydrogen-bond acceptors (Lipinski definition) is 8. The van der Waals surface area contributed by atoms with E-state index in [-0.39, 0.29) is 57.5 Å². The van der Waals surface area contributed by atoms with E-state index in [0.29, 0.717) is 24.0 Å². The van der Waals surface area contributed by atoms with E-state index in [4.69, 9.17) is 4.74 Å². The second-order valence-corrected chi connectivity index (χ2v) is 13.8. The van der Waals surface area contributed by atoms with Gasteiger partial charge in [-0.3, -0.25) is 28.8 Å². The molecule has 0 spiro atoms. The normalized spacial score (nSPS) is 25.0. The quantitative estimate of drug-likeness (QED) is 0.210. The van der Waals surface area contributed by atoms with Crippen molar-refractivity contribution in [3.63, 3.8) is 0 Å². The average molecular weight is 643 g/mol. The fourth-order valence-corrected chi connectivity index (χ4v) is 7.26. The highest BCUT2D eigenvalue weighted by atomic mass is 32.2. The molecule has 1 aromatic rings. The van der Waals surface area contributed by atoms with Gasteiger partial charge in [-0.1, -0.05) is 24.1 Å². The molecule has 2 saturated carbocycles. The van der Waals surface area contributed by atoms with Gasteiger partial charge in [-0.2, -0.15) is 0 Å². The zero-order chi connectivity index (χ0) is 32.5. The molecule has 0 aromatic heterocycles. The van der Waals surface area contributed by atoms with E-state index in [0.717, 1.165) is 0 Å². The lowest BCUT2D eigenvalue weighted by Crippen LogP contribution is -2.56. The second-order valence-electron chi connectivity index (χ2n) is 11.9. The van der Waals surface area contributed by atoms with E-state index in [1.54, 1.807) is 12.1 Å². The molecule has 3 fully saturated rings. The van der Waals surface area contributed by atoms with Crippen LogP contribution in [0.15, 0.2) is 30.9 Å². The van der Waals surface area contributed by atoms with E-state index < -0.39 is 68.5 Å². The summed E-state index contributed by atoms with van der Waals surface area (Å²) in [5.74, 6) is 1.58. The highest BCUT2D eigenvalue weighted by Crippen LogP contribution is 2.45. The molecule has 1 unspecified atom stereocenters. The first-order valence-corrected chi connectivity index (χ1v) is 16.4. The lowest BCUT2D eigenvalue weighted by atomic mass is 10.1. The number of nitrogens with zero attached hydrogens (tertiary/aromatic N) is 2. The first-order chi connectivity index (χ1) is 21.4. The molecule has 2 aliphatic carbocycles. The van der Waals surface area contributed by atoms with Crippen LogP contribution < -0.4 is 10.0 Å². The number of sulfonamides is 1. The highest BCUT2D eigenvalue weighted by molar-refractivity contribution is 7.91. The van der Waals surface area contributed by atoms with Crippen LogP contribution in [0.1, 0.15) is 63.0 Å². The third-order valence-corrected chi connectivity index (χ3v) is 10.5. The minimum absolute atomic E-state index is 0.0130. The summed E-state index contributed by atoms with van der Waals surface area (Å²) < 4.78 is 46.9. The molecule has 5 rings (SSSR count). The zero-order valence-electron chi connectivity index (χ0n) is 24.8. The van der Waals surface area contributed by atoms with Crippen LogP contribution in [0.25, 0.3) is 0 Å². The van der Waals surface area contributed by atoms with Crippen molar-refractivity contribution >= 4 is 39.6 Å². The van der Waals surface area contributed by atoms with Crippen molar-refractivity contribution in [3.8, 4) is 11.8 Å². The molecule has 2 N–H and O–H groups in total. The van der Waals surface area contributed by atoms with Crippen molar-refractivity contribution < 1.29 is 41.5 Å². The molecule has 12 nitrogen and oxygen atoms in total. The molecular weight excluding hydrogens is 607 g/mol. The van der Waals surface area contributed by atoms with Gasteiger partial charge >= 0.3 is 6.09 Å². The van der Waals surface area contributed by atoms with Crippen LogP contribution in [0, 0.1) is 23.6 Å². The first-order valence-electron chi connectivity index (χ1n) is 14.9. The number of benzene rings is 1. The maximum Gasteiger partial charge on any atom is 0.410 e. The summed E-state index contributed by atoms with van der Waals surface area (Å²) in [6.45, 7) is 5.25. The maximum absolute atomic E-state index is 14.2. The first kappa shape index (κ1) is 32.2. The molecule has 2 heterocycles. The van der Waals surface area contributed by atoms with Gasteiger partial charge in [0.15, 0.2) is 0 Å². The smallest absolute Gasteiger partial charge is 0.410 e. The summed E-state index contributed by atoms with van der Waals surface area (Å²) >= 11 is 0. The molecule has 4 atom stereocenters. The highest BCUT2D eigenvalue weighted by Gasteiger charge is 2.62. The fourth-order valence-electron chi connectivity index (χ4n) is 5.90. The number of amides is 4. The van der Waals surface area contributed by atoms with Crippen LogP contribution in [0.3, 0.4) is 0 Å². The van der Waals surface area contributed by atoms with Crippen molar-refractivity contribution in [2.24, 2.45) is 5.92 Å². The van der Waals surface area contributed by atoms with Gasteiger partial charge in [-0.15, -0.1) is 6.58 Å². The lowest BCUT2D eigenvalue weighted by Gasteiger charge is -2.26. The van der Waals surface area contributed by atoms with E-state index in [2.05, 4.69) is 28.5 Å². The van der Waals surface area contributed by atoms with Gasteiger partial charge in [-0.05, 0) is 50.2 Å². The number of nitrogens with one attached hydrogen (secondary N) is 2. The monoisotopic (exact) mass is 642 g/mol. The van der Waals surface area contributed by atoms with Crippen LogP contribution in [-0.4, -0.2) is 77.3 Å². The average Bonchev–Trinajstić information content (AvgIpc) is 3.88. The number of likely N-dealkylation sites (tertiary alicyclic amines) is 1. The summed E-state index contributed by atoms with van der Waals surface area (Å²) in [4.78, 5) is 67.6. The molecule has 4 amide bonds. The molecule has 0 radical (unpaired) electrons. The number of ketones is 1. The minimum Gasteiger partial charge on any atom is -0.444 e. The number of halogens is 1. The Labute approximate surface area is 260 Å². The third kappa shape index (κ3) is 6.88. The van der Waals surface area contributed by atoms with Crippen molar-refractivity contribution in [1.29, 1.82) is 0 Å². The summed E-state index contributed by atoms with van der Waals surface area (Å²) in [6, 6.07) is 3.44. The van der Waals surface area contributed by atoms with Gasteiger partial charge in [0.25, 0.3) is 5.91 Å². The number of carbonyl (C=O) groups is 5. The van der Waals surface area contributed by atoms with E-state index >= 15 is 0 Å². The number of carbonyl (C=O) groups excluding carboxylic acids is 5. The van der Waals surface area contributed by atoms with Crippen LogP contribution in [0.2, 0.25) is 0 Å². The molecular formula is C31H35FN4O8S. The van der Waals surface area contributed by atoms with Crippen molar-refractivity contribution in [1.82, 2.24) is 19.8 Å². The fraction of sp³-hybridized carbons (Fsp3) is 0.516. The van der Waals surface area contributed by atoms with E-state index in [9.17, 15) is 36.8 Å². The molecule has 14 heteroatoms. The van der Waals surface area contributed by atoms with Gasteiger partial charge in [-0.25, -0.2) is 17.6 Å². The third-order valence-electron chi connectivity index (χ3n) is 8.65. The standard InChI is InChI=1S/C31H35FN4O8S/c1-3-7-21(37)9-6-11-27(38)36-17-22(44-30(41)35-16-19-8-5-10-25(32)24(19)18-35)14-26(36)28(39)33-31(15-20(31)4-2)29(40)34-45(42,43)23-12-13-23/h4-5,8,10,20,22-23,26H,2,6,9,11-18H2,1H3,(H,33,39)(H,34,40)/t20-,22-,26?,31-/m1/s1. The number of hydrogen-bond donors (Lipinski definition) is 2. The van der Waals surface area contributed by atoms with Crippen molar-refractivity contribution in [3.05, 3.63) is 47.8 Å². The number of Topliss-reactive ketones (excluding diaryl/α,β-unsaturated/α-hetero) is 1. The lowest BCUT2D eigenvalue weighted by molar-refractivity contribution is -0.139. The summed E-state index contributed by atoms with van der Waals surface area (Å²) in [5, 5.41) is 2.02. The van der Waals surface area contributed by atoms with E-state index in [1.165, 1.54) is 28.9 Å². The Morgan fingerprint density at radius 3 is 2.58 bits per heavy atom. The molecule has 240 valence electrons. The summed E-state index contributed by atoms with van der Waals surface area (Å²) in [5.41, 5.74) is -0.505. The Morgan fingerprint density at radius 1 is 1.18 bits per heavy atom. The predicted molar refractivity (Wildman–Crippen MR) is 158 cm³/mol. The molecule has 2 aliphatic heterocycles. The van der Waals surface area contributed by atoms with Crippen LogP contribution in [0.5, 0.6) is 0 Å². The zero-order valence-corrected chi connectivity index (χ0v) is 25.7. The molecule has 0 bridgehead atoms. The predicted octanol–water partition coefficient (Wildman–Crippen LogP) is 1.68. The van der Waals surface area contributed by atoms with Crippen LogP contribution in [-0.2, 0) is 47.0 Å². The molecule has 4 aliphatic rings. The van der Waals surface area contributed by atoms with Gasteiger partial charge in [0.2, 0.25) is 27.6 Å². The van der Waals surface area contributed by atoms with Gasteiger partial charge < -0.3 is 15.0 Å². The summed E-state index contributed by atoms with van der Waals surface area (Å²) in [6.07, 6.45) is 0.903. The Hall–Kier alpha value is -4.25. The largest absolute Gasteiger partial charge is 0.444 e. The summed E-state index contributed by atoms with van der Waals surface area (Å²) in [7, 11) is -3.89. The topological polar surface area (TPSA) is 159 Å². The minimum atomic E-state index is -3.89. The molecule has 1 saturated heterocycles. The van der Waals surface area contributed by atoms with E-state index in [1.807, 2.05) is 0 Å². The van der Waals surface area contributed by atoms with Crippen LogP contribution >= 0.6 is 0 Å².